The van der Waals surface area contributed by atoms with Crippen molar-refractivity contribution < 1.29 is 59.2 Å². The number of hydrogen-bond acceptors (Lipinski definition) is 12. The summed E-state index contributed by atoms with van der Waals surface area (Å²) >= 11 is 0. The highest BCUT2D eigenvalue weighted by Gasteiger charge is 2.63. The van der Waals surface area contributed by atoms with Crippen LogP contribution in [0, 0.1) is 0 Å². The number of aromatic hydroxyl groups is 4. The Morgan fingerprint density at radius 2 is 1.43 bits per heavy atom. The number of aliphatic hydroxyl groups is 2. The predicted molar refractivity (Wildman–Crippen MR) is 139 cm³/mol. The summed E-state index contributed by atoms with van der Waals surface area (Å²) in [6.07, 6.45) is -5.23. The molecule has 0 bridgehead atoms. The lowest BCUT2D eigenvalue weighted by atomic mass is 9.65. The number of hydrogen-bond donors (Lipinski definition) is 6. The second-order valence-corrected chi connectivity index (χ2v) is 10.6. The first kappa shape index (κ1) is 25.9. The maximum atomic E-state index is 13.5. The third-order valence-electron chi connectivity index (χ3n) is 8.25. The minimum absolute atomic E-state index is 0.0166. The van der Waals surface area contributed by atoms with Crippen LogP contribution < -0.4 is 14.2 Å². The zero-order chi connectivity index (χ0) is 29.7. The van der Waals surface area contributed by atoms with Gasteiger partial charge in [-0.25, -0.2) is 0 Å². The van der Waals surface area contributed by atoms with Crippen LogP contribution in [0.25, 0.3) is 0 Å². The van der Waals surface area contributed by atoms with Crippen LogP contribution in [-0.4, -0.2) is 72.4 Å². The van der Waals surface area contributed by atoms with Gasteiger partial charge in [-0.05, 0) is 23.8 Å². The molecule has 4 aliphatic rings. The molecule has 7 rings (SSSR count). The van der Waals surface area contributed by atoms with Crippen LogP contribution in [0.15, 0.2) is 54.6 Å². The average molecular weight is 574 g/mol. The van der Waals surface area contributed by atoms with Crippen molar-refractivity contribution in [1.82, 2.24) is 0 Å². The second-order valence-electron chi connectivity index (χ2n) is 10.6. The minimum Gasteiger partial charge on any atom is -0.508 e. The van der Waals surface area contributed by atoms with Crippen molar-refractivity contribution in [3.8, 4) is 40.2 Å². The Morgan fingerprint density at radius 1 is 0.738 bits per heavy atom. The molecule has 0 aromatic heterocycles. The number of aliphatic hydroxyl groups excluding tert-OH is 2. The number of ether oxygens (including phenoxy) is 3. The van der Waals surface area contributed by atoms with Gasteiger partial charge in [0, 0.05) is 24.6 Å². The van der Waals surface area contributed by atoms with Crippen molar-refractivity contribution in [1.29, 1.82) is 0 Å². The topological polar surface area (TPSA) is 200 Å². The molecule has 0 unspecified atom stereocenters. The van der Waals surface area contributed by atoms with Crippen LogP contribution in [-0.2, 0) is 10.2 Å². The summed E-state index contributed by atoms with van der Waals surface area (Å²) in [5.41, 5.74) is -2.00. The van der Waals surface area contributed by atoms with Crippen molar-refractivity contribution in [2.45, 2.75) is 42.4 Å². The molecule has 3 heterocycles. The molecule has 214 valence electrons. The first-order chi connectivity index (χ1) is 20.0. The molecule has 0 saturated heterocycles. The van der Waals surface area contributed by atoms with Crippen LogP contribution in [0.3, 0.4) is 0 Å². The monoisotopic (exact) mass is 574 g/mol. The summed E-state index contributed by atoms with van der Waals surface area (Å²) in [4.78, 5) is 39.4. The zero-order valence-corrected chi connectivity index (χ0v) is 21.4. The largest absolute Gasteiger partial charge is 0.508 e. The van der Waals surface area contributed by atoms with E-state index in [1.165, 1.54) is 36.4 Å². The normalized spacial score (nSPS) is 29.0. The molecule has 1 aliphatic carbocycles. The SMILES string of the molecule is O=C1C=C[C@@]2([C@H]3Oc4cc(O)cc(O)c4C(=O)[C@H]3O)c3c(cc(O)c4c3O[C@@H](c3ccc(O)cc3)[C@H](O)C4=O)O[C@H]2C1. The molecule has 0 radical (unpaired) electrons. The molecule has 3 aromatic carbocycles. The highest BCUT2D eigenvalue weighted by molar-refractivity contribution is 6.08. The van der Waals surface area contributed by atoms with Gasteiger partial charge in [-0.3, -0.25) is 14.4 Å². The van der Waals surface area contributed by atoms with E-state index >= 15 is 0 Å². The van der Waals surface area contributed by atoms with Gasteiger partial charge in [-0.2, -0.15) is 0 Å². The lowest BCUT2D eigenvalue weighted by Crippen LogP contribution is -2.60. The molecule has 6 N–H and O–H groups in total. The van der Waals surface area contributed by atoms with E-state index in [-0.39, 0.29) is 51.9 Å². The first-order valence-electron chi connectivity index (χ1n) is 12.9. The van der Waals surface area contributed by atoms with Crippen molar-refractivity contribution >= 4 is 17.3 Å². The molecule has 3 aromatic rings. The Kier molecular flexibility index (Phi) is 5.37. The highest BCUT2D eigenvalue weighted by atomic mass is 16.5. The molecule has 0 saturated carbocycles. The van der Waals surface area contributed by atoms with E-state index < -0.39 is 64.7 Å². The number of allylic oxidation sites excluding steroid dienone is 1. The number of carbonyl (C=O) groups is 3. The fourth-order valence-electron chi connectivity index (χ4n) is 6.36. The second kappa shape index (κ2) is 8.71. The third kappa shape index (κ3) is 3.39. The molecule has 42 heavy (non-hydrogen) atoms. The maximum Gasteiger partial charge on any atom is 0.202 e. The van der Waals surface area contributed by atoms with Gasteiger partial charge < -0.3 is 44.8 Å². The third-order valence-corrected chi connectivity index (χ3v) is 8.25. The molecular weight excluding hydrogens is 552 g/mol. The number of benzene rings is 3. The summed E-state index contributed by atoms with van der Waals surface area (Å²) in [5.74, 6) is -4.27. The average Bonchev–Trinajstić information content (AvgIpc) is 3.26. The zero-order valence-electron chi connectivity index (χ0n) is 21.4. The number of ketones is 3. The summed E-state index contributed by atoms with van der Waals surface area (Å²) in [6.45, 7) is 0. The van der Waals surface area contributed by atoms with E-state index in [9.17, 15) is 45.0 Å². The molecule has 6 atom stereocenters. The summed E-state index contributed by atoms with van der Waals surface area (Å²) in [7, 11) is 0. The van der Waals surface area contributed by atoms with E-state index in [0.29, 0.717) is 5.56 Å². The maximum absolute atomic E-state index is 13.5. The van der Waals surface area contributed by atoms with Crippen molar-refractivity contribution in [3.63, 3.8) is 0 Å². The number of Topliss-reactive ketones (excluding diaryl/α,β-unsaturated/α-hetero) is 2. The van der Waals surface area contributed by atoms with Crippen molar-refractivity contribution in [3.05, 3.63) is 76.9 Å². The Bertz CT molecular complexity index is 1740. The Hall–Kier alpha value is -5.07. The van der Waals surface area contributed by atoms with Crippen LogP contribution in [0.5, 0.6) is 40.2 Å². The van der Waals surface area contributed by atoms with Gasteiger partial charge in [0.2, 0.25) is 11.6 Å². The predicted octanol–water partition coefficient (Wildman–Crippen LogP) is 1.72. The Balaban J connectivity index is 1.46. The fraction of sp³-hybridized carbons (Fsp3) is 0.233. The van der Waals surface area contributed by atoms with Gasteiger partial charge in [0.25, 0.3) is 0 Å². The molecule has 0 amide bonds. The molecule has 0 spiro atoms. The molecule has 3 aliphatic heterocycles. The van der Waals surface area contributed by atoms with Crippen LogP contribution in [0.1, 0.15) is 44.4 Å². The number of rotatable bonds is 2. The van der Waals surface area contributed by atoms with E-state index in [1.807, 2.05) is 0 Å². The van der Waals surface area contributed by atoms with E-state index in [2.05, 4.69) is 0 Å². The fourth-order valence-corrected chi connectivity index (χ4v) is 6.36. The summed E-state index contributed by atoms with van der Waals surface area (Å²) < 4.78 is 18.4. The van der Waals surface area contributed by atoms with Gasteiger partial charge in [0.05, 0.1) is 11.0 Å². The Labute approximate surface area is 236 Å². The van der Waals surface area contributed by atoms with Gasteiger partial charge in [-0.1, -0.05) is 18.2 Å². The van der Waals surface area contributed by atoms with Crippen molar-refractivity contribution in [2.75, 3.05) is 0 Å². The molecular formula is C30H22O12. The van der Waals surface area contributed by atoms with Crippen LogP contribution >= 0.6 is 0 Å². The molecule has 0 fully saturated rings. The van der Waals surface area contributed by atoms with E-state index in [1.54, 1.807) is 0 Å². The lowest BCUT2D eigenvalue weighted by molar-refractivity contribution is -0.118. The van der Waals surface area contributed by atoms with Gasteiger partial charge >= 0.3 is 0 Å². The number of carbonyl (C=O) groups excluding carboxylic acids is 3. The number of fused-ring (bicyclic) bond motifs is 6. The molecule has 12 nitrogen and oxygen atoms in total. The highest BCUT2D eigenvalue weighted by Crippen LogP contribution is 2.59. The lowest BCUT2D eigenvalue weighted by Gasteiger charge is -2.44. The van der Waals surface area contributed by atoms with Gasteiger partial charge in [0.15, 0.2) is 24.1 Å². The van der Waals surface area contributed by atoms with Gasteiger partial charge in [-0.15, -0.1) is 0 Å². The summed E-state index contributed by atoms with van der Waals surface area (Å²) in [5, 5.41) is 63.2. The Morgan fingerprint density at radius 3 is 2.17 bits per heavy atom. The molecule has 12 heteroatoms. The standard InChI is InChI=1S/C30H22O12/c31-12-3-1-11(2-4-12)27-25(38)24(37)21-16(35)10-18-22(28(21)42-27)30(6-5-13(32)9-19(30)40-18)29-26(39)23(36)20-15(34)7-14(33)8-17(20)41-29/h1-8,10,19,25-27,29,31,33-35,38-39H,9H2/t19-,25+,26+,27-,29-,30-/m0/s1. The smallest absolute Gasteiger partial charge is 0.202 e. The van der Waals surface area contributed by atoms with Crippen molar-refractivity contribution in [2.24, 2.45) is 0 Å². The van der Waals surface area contributed by atoms with E-state index in [0.717, 1.165) is 18.2 Å². The minimum atomic E-state index is -1.93. The number of phenols is 4. The van der Waals surface area contributed by atoms with Crippen LogP contribution in [0.2, 0.25) is 0 Å². The van der Waals surface area contributed by atoms with Gasteiger partial charge in [0.1, 0.15) is 63.6 Å². The number of phenolic OH excluding ortho intramolecular Hbond substituents is 4. The van der Waals surface area contributed by atoms with E-state index in [4.69, 9.17) is 14.2 Å². The quantitative estimate of drug-likeness (QED) is 0.259. The first-order valence-corrected chi connectivity index (χ1v) is 12.9. The summed E-state index contributed by atoms with van der Waals surface area (Å²) in [6, 6.07) is 8.72. The van der Waals surface area contributed by atoms with Crippen LogP contribution in [0.4, 0.5) is 0 Å².